The van der Waals surface area contributed by atoms with Crippen molar-refractivity contribution >= 4 is 87.7 Å². The molecular weight excluding hydrogens is 1400 g/mol. The zero-order valence-electron chi connectivity index (χ0n) is 61.2. The second-order valence-corrected chi connectivity index (χ2v) is 27.9. The average Bonchev–Trinajstić information content (AvgIpc) is 1.57. The van der Waals surface area contributed by atoms with E-state index in [4.69, 9.17) is 34.2 Å². The molecular formula is C80H88N12O17. The number of aliphatic hydroxyl groups is 1. The van der Waals surface area contributed by atoms with Crippen molar-refractivity contribution in [1.82, 2.24) is 36.4 Å². The number of fused-ring (bicyclic) bond motifs is 6. The fourth-order valence-corrected chi connectivity index (χ4v) is 14.0. The lowest BCUT2D eigenvalue weighted by Crippen LogP contribution is -2.56. The molecule has 2 unspecified atom stereocenters. The van der Waals surface area contributed by atoms with Gasteiger partial charge in [0.2, 0.25) is 35.4 Å². The number of nitrogens with one attached hydrogen (secondary N) is 7. The number of hydrogen-bond acceptors (Lipinski definition) is 18. The minimum Gasteiger partial charge on any atom is -0.497 e. The zero-order valence-corrected chi connectivity index (χ0v) is 61.2. The molecule has 0 aromatic heterocycles. The molecule has 5 heterocycles. The van der Waals surface area contributed by atoms with Crippen molar-refractivity contribution in [2.75, 3.05) is 87.7 Å². The molecule has 1 saturated heterocycles. The van der Waals surface area contributed by atoms with E-state index in [0.717, 1.165) is 45.8 Å². The summed E-state index contributed by atoms with van der Waals surface area (Å²) in [6.07, 6.45) is 2.40. The number of urea groups is 1. The number of carbonyl (C=O) groups is 10. The molecule has 0 radical (unpaired) electrons. The number of methoxy groups -OCH3 is 3. The van der Waals surface area contributed by atoms with Crippen LogP contribution in [-0.2, 0) is 46.7 Å². The number of aliphatic hydroxyl groups excluding tert-OH is 1. The third kappa shape index (κ3) is 18.1. The Morgan fingerprint density at radius 1 is 0.697 bits per heavy atom. The third-order valence-electron chi connectivity index (χ3n) is 20.1. The molecule has 10 N–H and O–H groups in total. The van der Waals surface area contributed by atoms with Gasteiger partial charge in [0.15, 0.2) is 29.2 Å². The Balaban J connectivity index is 0.634. The number of ether oxygens (including phenoxy) is 6. The third-order valence-corrected chi connectivity index (χ3v) is 20.1. The molecule has 0 bridgehead atoms. The van der Waals surface area contributed by atoms with Gasteiger partial charge >= 0.3 is 12.1 Å². The number of primary amides is 1. The van der Waals surface area contributed by atoms with Crippen molar-refractivity contribution in [3.63, 3.8) is 0 Å². The van der Waals surface area contributed by atoms with Gasteiger partial charge in [-0.05, 0) is 127 Å². The van der Waals surface area contributed by atoms with Crippen molar-refractivity contribution in [3.8, 4) is 40.6 Å². The van der Waals surface area contributed by atoms with E-state index >= 15 is 0 Å². The minimum absolute atomic E-state index is 0.00605. The summed E-state index contributed by atoms with van der Waals surface area (Å²) in [6, 6.07) is 31.1. The Hall–Kier alpha value is -12.3. The van der Waals surface area contributed by atoms with Crippen LogP contribution in [0.1, 0.15) is 120 Å². The van der Waals surface area contributed by atoms with Crippen LogP contribution < -0.4 is 76.4 Å². The molecule has 5 atom stereocenters. The van der Waals surface area contributed by atoms with E-state index in [1.54, 1.807) is 84.2 Å². The number of benzene rings is 6. The standard InChI is InChI=1S/C80H88N12O17/c1-47(2)72(88-70(95)42-85-69(94)41-84-68(93)27-28-71(96)90-43-52-14-7-6-12-49(52)19-20-51-13-8-9-16-61(51)90)74(98)87-59(15-10-31-82-78(81)102)73(97)86-54-23-17-48(18-24-54)45-109-79(103)92-62-38-67(65(106-5)36-58(62)76(100)91-46-80(29-30-80)39-63(91)77(92)101)108-33-11-32-107-66-37-60-57(35-64(66)105-4)75(99)89-44-53(34-55(89)40-83-60)50-21-25-56(104-3)26-22-50/h6-9,12-14,16-18,21-26,35-38,44,47,55,59,63,72,77,83,101H,10-11,15,27-34,39-43,45-46H2,1-5H3,(H,84,93)(H,85,94)(H,86,97)(H,87,98)(H,88,95)(H3,81,82,102)/t55-,59?,63-,72-,77?/m0/s1. The first kappa shape index (κ1) is 76.3. The number of nitrogens with two attached hydrogens (primary N) is 1. The van der Waals surface area contributed by atoms with Crippen LogP contribution in [0.4, 0.5) is 32.3 Å². The molecule has 1 saturated carbocycles. The Morgan fingerprint density at radius 3 is 2.08 bits per heavy atom. The lowest BCUT2D eigenvalue weighted by Gasteiger charge is -2.31. The Labute approximate surface area is 629 Å². The summed E-state index contributed by atoms with van der Waals surface area (Å²) in [5.41, 5.74) is 12.0. The molecule has 6 aliphatic rings. The van der Waals surface area contributed by atoms with Gasteiger partial charge in [0.1, 0.15) is 24.4 Å². The predicted octanol–water partition coefficient (Wildman–Crippen LogP) is 6.68. The van der Waals surface area contributed by atoms with Crippen molar-refractivity contribution in [2.24, 2.45) is 17.1 Å². The van der Waals surface area contributed by atoms with Gasteiger partial charge in [-0.25, -0.2) is 14.5 Å². The van der Waals surface area contributed by atoms with E-state index in [2.05, 4.69) is 49.1 Å². The topological polar surface area (TPSA) is 369 Å². The van der Waals surface area contributed by atoms with Gasteiger partial charge in [-0.1, -0.05) is 80.3 Å². The molecule has 1 aliphatic carbocycles. The van der Waals surface area contributed by atoms with Gasteiger partial charge in [0.25, 0.3) is 11.8 Å². The second kappa shape index (κ2) is 34.1. The van der Waals surface area contributed by atoms with E-state index in [1.807, 2.05) is 66.9 Å². The van der Waals surface area contributed by atoms with E-state index in [0.29, 0.717) is 71.9 Å². The highest BCUT2D eigenvalue weighted by molar-refractivity contribution is 6.07. The highest BCUT2D eigenvalue weighted by atomic mass is 16.6. The minimum atomic E-state index is -1.53. The van der Waals surface area contributed by atoms with Crippen LogP contribution in [0.3, 0.4) is 0 Å². The monoisotopic (exact) mass is 1490 g/mol. The maximum Gasteiger partial charge on any atom is 0.416 e. The van der Waals surface area contributed by atoms with Gasteiger partial charge in [0.05, 0.1) is 94.5 Å². The van der Waals surface area contributed by atoms with Gasteiger partial charge in [0, 0.05) is 74.0 Å². The summed E-state index contributed by atoms with van der Waals surface area (Å²) in [4.78, 5) is 142. The number of amides is 11. The zero-order chi connectivity index (χ0) is 77.0. The average molecular weight is 1490 g/mol. The van der Waals surface area contributed by atoms with Crippen molar-refractivity contribution in [2.45, 2.75) is 115 Å². The maximum absolute atomic E-state index is 14.6. The fraction of sp³-hybridized carbons (Fsp3) is 0.375. The summed E-state index contributed by atoms with van der Waals surface area (Å²) in [7, 11) is 4.54. The first-order valence-electron chi connectivity index (χ1n) is 36.2. The van der Waals surface area contributed by atoms with Crippen LogP contribution >= 0.6 is 0 Å². The Morgan fingerprint density at radius 2 is 1.38 bits per heavy atom. The first-order valence-corrected chi connectivity index (χ1v) is 36.2. The van der Waals surface area contributed by atoms with E-state index in [-0.39, 0.29) is 110 Å². The fourth-order valence-electron chi connectivity index (χ4n) is 14.0. The van der Waals surface area contributed by atoms with E-state index in [1.165, 1.54) is 26.4 Å². The molecule has 6 aromatic carbocycles. The van der Waals surface area contributed by atoms with E-state index < -0.39 is 90.9 Å². The Bertz CT molecular complexity index is 4590. The summed E-state index contributed by atoms with van der Waals surface area (Å²) >= 11 is 0. The molecule has 11 amide bonds. The smallest absolute Gasteiger partial charge is 0.416 e. The number of carbonyl (C=O) groups excluding carboxylic acids is 10. The molecule has 570 valence electrons. The van der Waals surface area contributed by atoms with Gasteiger partial charge in [-0.2, -0.15) is 0 Å². The van der Waals surface area contributed by atoms with Gasteiger partial charge in [-0.3, -0.25) is 38.4 Å². The normalized spacial score (nSPS) is 17.3. The summed E-state index contributed by atoms with van der Waals surface area (Å²) in [5, 5.41) is 31.2. The van der Waals surface area contributed by atoms with Crippen LogP contribution in [0.15, 0.2) is 128 Å². The van der Waals surface area contributed by atoms with Crippen LogP contribution in [-0.4, -0.2) is 172 Å². The molecule has 2 fully saturated rings. The molecule has 109 heavy (non-hydrogen) atoms. The van der Waals surface area contributed by atoms with Crippen LogP contribution in [0, 0.1) is 23.2 Å². The van der Waals surface area contributed by atoms with Crippen molar-refractivity contribution < 1.29 is 81.5 Å². The molecule has 12 rings (SSSR count). The number of nitrogens with zero attached hydrogens (tertiary/aromatic N) is 4. The molecule has 29 heteroatoms. The lowest BCUT2D eigenvalue weighted by atomic mass is 10.0. The van der Waals surface area contributed by atoms with E-state index in [9.17, 15) is 53.1 Å². The highest BCUT2D eigenvalue weighted by Crippen LogP contribution is 2.57. The maximum atomic E-state index is 14.6. The predicted molar refractivity (Wildman–Crippen MR) is 401 cm³/mol. The number of para-hydroxylation sites is 1. The first-order chi connectivity index (χ1) is 52.6. The highest BCUT2D eigenvalue weighted by Gasteiger charge is 2.58. The van der Waals surface area contributed by atoms with Crippen LogP contribution in [0.5, 0.6) is 28.7 Å². The summed E-state index contributed by atoms with van der Waals surface area (Å²) < 4.78 is 35.3. The quantitative estimate of drug-likeness (QED) is 0.0174. The van der Waals surface area contributed by atoms with Gasteiger partial charge < -0.3 is 91.2 Å². The van der Waals surface area contributed by atoms with Crippen molar-refractivity contribution in [3.05, 3.63) is 166 Å². The number of hydrogen-bond donors (Lipinski definition) is 9. The molecule has 6 aromatic rings. The van der Waals surface area contributed by atoms with Crippen molar-refractivity contribution in [1.29, 1.82) is 0 Å². The Kier molecular flexibility index (Phi) is 23.9. The SMILES string of the molecule is COc1ccc(C2=CN3C(=O)c4cc(OC)c(OCCCOc5cc6c(cc5OC)C(=O)N5CC7(CC7)C[C@H]5C(O)N6C(=O)OCc5ccc(NC(=O)C(CCCNC(N)=O)NC(=O)[C@@H](NC(=O)CNC(=O)CNC(=O)CCC(=O)N6Cc7ccccc7C#Cc7ccccc76)C(C)C)cc5)cc4NC[C@@H]3C2)cc1. The largest absolute Gasteiger partial charge is 0.497 e. The number of anilines is 4. The molecule has 5 aliphatic heterocycles. The summed E-state index contributed by atoms with van der Waals surface area (Å²) in [6.45, 7) is 3.36. The lowest BCUT2D eigenvalue weighted by molar-refractivity contribution is -0.132. The molecule has 29 nitrogen and oxygen atoms in total. The van der Waals surface area contributed by atoms with Gasteiger partial charge in [-0.15, -0.1) is 0 Å². The summed E-state index contributed by atoms with van der Waals surface area (Å²) in [5.74, 6) is 3.34. The molecule has 1 spiro atoms. The van der Waals surface area contributed by atoms with Crippen LogP contribution in [0.2, 0.25) is 0 Å². The number of rotatable bonds is 29. The van der Waals surface area contributed by atoms with Crippen LogP contribution in [0.25, 0.3) is 5.57 Å². The second-order valence-electron chi connectivity index (χ2n) is 27.9.